The van der Waals surface area contributed by atoms with Gasteiger partial charge >= 0.3 is 0 Å². The third-order valence-electron chi connectivity index (χ3n) is 0.488. The minimum absolute atomic E-state index is 0.789. The van der Waals surface area contributed by atoms with Crippen molar-refractivity contribution in [2.75, 3.05) is 11.5 Å². The average Bonchev–Trinajstić information content (AvgIpc) is 1.63. The first-order valence-corrected chi connectivity index (χ1v) is 8.40. The number of rotatable bonds is 4. The van der Waals surface area contributed by atoms with Crippen LogP contribution in [-0.2, 0) is 0 Å². The van der Waals surface area contributed by atoms with Gasteiger partial charge in [-0.1, -0.05) is 90.4 Å². The van der Waals surface area contributed by atoms with E-state index in [1.54, 1.807) is 0 Å². The molecule has 0 rings (SSSR count). The van der Waals surface area contributed by atoms with Gasteiger partial charge in [0.2, 0.25) is 0 Å². The first-order valence-electron chi connectivity index (χ1n) is 2.27. The molecule has 0 N–H and O–H groups in total. The summed E-state index contributed by atoms with van der Waals surface area (Å²) in [6, 6.07) is 0. The van der Waals surface area contributed by atoms with Gasteiger partial charge in [0, 0.05) is 11.5 Å². The van der Waals surface area contributed by atoms with Crippen molar-refractivity contribution in [1.82, 2.24) is 0 Å². The molecule has 0 aliphatic carbocycles. The monoisotopic (exact) mass is 594 g/mol. The quantitative estimate of drug-likeness (QED) is 0.350. The van der Waals surface area contributed by atoms with E-state index in [0.29, 0.717) is 0 Å². The number of alkyl halides is 4. The molecule has 0 unspecified atom stereocenters. The highest BCUT2D eigenvalue weighted by Crippen LogP contribution is 2.21. The molecule has 0 aliphatic heterocycles. The zero-order valence-corrected chi connectivity index (χ0v) is 13.9. The van der Waals surface area contributed by atoms with Gasteiger partial charge in [-0.3, -0.25) is 0 Å². The van der Waals surface area contributed by atoms with Crippen LogP contribution in [0.3, 0.4) is 0 Å². The van der Waals surface area contributed by atoms with E-state index >= 15 is 0 Å². The van der Waals surface area contributed by atoms with E-state index in [1.165, 1.54) is 11.5 Å². The molecule has 0 aromatic carbocycles. The molecule has 0 radical (unpaired) electrons. The van der Waals surface area contributed by atoms with Gasteiger partial charge in [0.05, 0.1) is 3.86 Å². The van der Waals surface area contributed by atoms with Gasteiger partial charge in [-0.2, -0.15) is 11.8 Å². The molecule has 0 spiro atoms. The lowest BCUT2D eigenvalue weighted by atomic mass is 11.0. The molecule has 0 aromatic rings. The Hall–Kier alpha value is 3.27. The minimum Gasteiger partial charge on any atom is -0.158 e. The molecule has 0 nitrogen and oxygen atoms in total. The van der Waals surface area contributed by atoms with Gasteiger partial charge < -0.3 is 0 Å². The lowest BCUT2D eigenvalue weighted by Crippen LogP contribution is -1.94. The summed E-state index contributed by atoms with van der Waals surface area (Å²) in [7, 11) is 0. The highest BCUT2D eigenvalue weighted by molar-refractivity contribution is 14.2. The largest absolute Gasteiger partial charge is 0.158 e. The molecule has 0 aromatic heterocycles. The van der Waals surface area contributed by atoms with Gasteiger partial charge in [-0.15, -0.1) is 0 Å². The van der Waals surface area contributed by atoms with Gasteiger partial charge in [0.1, 0.15) is 0 Å². The summed E-state index contributed by atoms with van der Waals surface area (Å²) < 4.78 is 1.58. The zero-order valence-electron chi connectivity index (χ0n) is 4.49. The predicted octanol–water partition coefficient (Wildman–Crippen LogP) is 4.11. The van der Waals surface area contributed by atoms with E-state index in [-0.39, 0.29) is 0 Å². The first-order chi connectivity index (χ1) is 4.13. The Labute approximate surface area is 115 Å². The number of halogens is 4. The van der Waals surface area contributed by atoms with Crippen molar-refractivity contribution in [2.24, 2.45) is 0 Å². The number of hydrogen-bond donors (Lipinski definition) is 0. The molecular weight excluding hydrogens is 588 g/mol. The van der Waals surface area contributed by atoms with Crippen LogP contribution in [0.25, 0.3) is 0 Å². The molecule has 0 fully saturated rings. The van der Waals surface area contributed by atoms with Crippen LogP contribution < -0.4 is 0 Å². The van der Waals surface area contributed by atoms with E-state index < -0.39 is 0 Å². The molecule has 0 heterocycles. The molecule has 9 heavy (non-hydrogen) atoms. The molecule has 5 heteroatoms. The molecule has 0 saturated heterocycles. The van der Waals surface area contributed by atoms with Crippen LogP contribution in [0.2, 0.25) is 0 Å². The molecule has 0 aliphatic rings. The molecular formula is C4H6I4S. The zero-order chi connectivity index (χ0) is 7.28. The normalized spacial score (nSPS) is 11.3. The lowest BCUT2D eigenvalue weighted by molar-refractivity contribution is 1.50. The van der Waals surface area contributed by atoms with Gasteiger partial charge in [-0.05, 0) is 0 Å². The summed E-state index contributed by atoms with van der Waals surface area (Å²) in [6.45, 7) is 0. The Morgan fingerprint density at radius 2 is 1.22 bits per heavy atom. The summed E-state index contributed by atoms with van der Waals surface area (Å²) in [4.78, 5) is 0. The SMILES string of the molecule is IC(I)CSCC(I)I. The van der Waals surface area contributed by atoms with E-state index in [4.69, 9.17) is 0 Å². The fourth-order valence-electron chi connectivity index (χ4n) is 0.246. The second-order valence-corrected chi connectivity index (χ2v) is 13.2. The van der Waals surface area contributed by atoms with Crippen molar-refractivity contribution in [3.63, 3.8) is 0 Å². The van der Waals surface area contributed by atoms with Crippen LogP contribution in [-0.4, -0.2) is 15.4 Å². The van der Waals surface area contributed by atoms with Crippen molar-refractivity contribution in [3.05, 3.63) is 0 Å². The molecule has 0 bridgehead atoms. The highest BCUT2D eigenvalue weighted by atomic mass is 127. The lowest BCUT2D eigenvalue weighted by Gasteiger charge is -2.01. The Balaban J connectivity index is 2.91. The van der Waals surface area contributed by atoms with Crippen molar-refractivity contribution < 1.29 is 0 Å². The summed E-state index contributed by atoms with van der Waals surface area (Å²) in [5.74, 6) is 2.56. The maximum absolute atomic E-state index is 2.45. The van der Waals surface area contributed by atoms with Crippen LogP contribution in [0, 0.1) is 0 Å². The number of thioether (sulfide) groups is 1. The average molecular weight is 594 g/mol. The predicted molar refractivity (Wildman–Crippen MR) is 81.0 cm³/mol. The summed E-state index contributed by atoms with van der Waals surface area (Å²) in [5, 5.41) is 0. The third kappa shape index (κ3) is 11.3. The van der Waals surface area contributed by atoms with Gasteiger partial charge in [0.25, 0.3) is 0 Å². The van der Waals surface area contributed by atoms with E-state index in [1.807, 2.05) is 11.8 Å². The highest BCUT2D eigenvalue weighted by Gasteiger charge is 2.00. The van der Waals surface area contributed by atoms with E-state index in [9.17, 15) is 0 Å². The summed E-state index contributed by atoms with van der Waals surface area (Å²) in [5.41, 5.74) is 0. The van der Waals surface area contributed by atoms with Crippen LogP contribution >= 0.6 is 102 Å². The third-order valence-corrected chi connectivity index (χ3v) is 5.78. The van der Waals surface area contributed by atoms with Crippen LogP contribution in [0.1, 0.15) is 0 Å². The Morgan fingerprint density at radius 1 is 0.889 bits per heavy atom. The maximum Gasteiger partial charge on any atom is 0.0716 e. The summed E-state index contributed by atoms with van der Waals surface area (Å²) >= 11 is 11.8. The number of hydrogen-bond acceptors (Lipinski definition) is 1. The first kappa shape index (κ1) is 12.3. The van der Waals surface area contributed by atoms with Crippen molar-refractivity contribution >= 4 is 102 Å². The Morgan fingerprint density at radius 3 is 1.44 bits per heavy atom. The van der Waals surface area contributed by atoms with E-state index in [2.05, 4.69) is 90.4 Å². The second kappa shape index (κ2) is 7.90. The van der Waals surface area contributed by atoms with Crippen molar-refractivity contribution in [1.29, 1.82) is 0 Å². The minimum atomic E-state index is 0.789. The second-order valence-electron chi connectivity index (χ2n) is 1.32. The van der Waals surface area contributed by atoms with Crippen LogP contribution in [0.5, 0.6) is 0 Å². The van der Waals surface area contributed by atoms with Crippen LogP contribution in [0.15, 0.2) is 0 Å². The van der Waals surface area contributed by atoms with Gasteiger partial charge in [-0.25, -0.2) is 0 Å². The maximum atomic E-state index is 2.45. The van der Waals surface area contributed by atoms with Crippen LogP contribution in [0.4, 0.5) is 0 Å². The fourth-order valence-corrected chi connectivity index (χ4v) is 3.79. The molecule has 0 amide bonds. The standard InChI is InChI=1S/C4H6I4S/c5-3(6)1-9-2-4(7)8/h3-4H,1-2H2. The molecule has 56 valence electrons. The van der Waals surface area contributed by atoms with Crippen molar-refractivity contribution in [3.8, 4) is 0 Å². The topological polar surface area (TPSA) is 0 Å². The molecule has 0 atom stereocenters. The fraction of sp³-hybridized carbons (Fsp3) is 1.00. The Bertz CT molecular complexity index is 57.6. The van der Waals surface area contributed by atoms with Gasteiger partial charge in [0.15, 0.2) is 0 Å². The smallest absolute Gasteiger partial charge is 0.0716 e. The Kier molecular flexibility index (Phi) is 10.8. The molecule has 0 saturated carbocycles. The van der Waals surface area contributed by atoms with Crippen molar-refractivity contribution in [2.45, 2.75) is 3.86 Å². The summed E-state index contributed by atoms with van der Waals surface area (Å²) in [6.07, 6.45) is 0. The van der Waals surface area contributed by atoms with E-state index in [0.717, 1.165) is 3.86 Å².